The van der Waals surface area contributed by atoms with E-state index in [4.69, 9.17) is 0 Å². The van der Waals surface area contributed by atoms with Gasteiger partial charge in [-0.15, -0.1) is 11.3 Å². The van der Waals surface area contributed by atoms with Crippen molar-refractivity contribution < 1.29 is 0 Å². The Labute approximate surface area is 346 Å². The predicted octanol–water partition coefficient (Wildman–Crippen LogP) is 15.7. The number of nitrogens with zero attached hydrogens (tertiary/aromatic N) is 3. The fraction of sp³-hybridized carbons (Fsp3) is 0. The summed E-state index contributed by atoms with van der Waals surface area (Å²) in [4.78, 5) is 0. The highest BCUT2D eigenvalue weighted by Crippen LogP contribution is 2.49. The number of aromatic nitrogens is 3. The van der Waals surface area contributed by atoms with Gasteiger partial charge in [-0.25, -0.2) is 0 Å². The Bertz CT molecular complexity index is 4360. The van der Waals surface area contributed by atoms with Gasteiger partial charge >= 0.3 is 0 Å². The van der Waals surface area contributed by atoms with Crippen LogP contribution in [-0.4, -0.2) is 13.5 Å². The fourth-order valence-corrected chi connectivity index (χ4v) is 12.3. The summed E-state index contributed by atoms with van der Waals surface area (Å²) in [5, 5.41) is 17.9. The lowest BCUT2D eigenvalue weighted by atomic mass is 10.0. The predicted molar refractivity (Wildman–Crippen MR) is 258 cm³/mol. The van der Waals surface area contributed by atoms with Gasteiger partial charge in [0.1, 0.15) is 0 Å². The standard InChI is InChI=1S/C56H31N3S/c1-2-15-34-28-48-43(27-33(34)14-1)53-49(31-41-37-17-5-9-21-44(37)59-46-23-11-7-20-40(46)54(53)55(41)59)58(48)50-30-35(29-42-38-18-8-12-24-51(38)60-56(42)50)57-45-22-10-6-19-39(45)52-36-16-4-3-13-32(36)25-26-47(52)57/h1-31H. The van der Waals surface area contributed by atoms with Gasteiger partial charge in [-0.2, -0.15) is 0 Å². The summed E-state index contributed by atoms with van der Waals surface area (Å²) in [7, 11) is 0. The van der Waals surface area contributed by atoms with Crippen LogP contribution in [0, 0.1) is 0 Å². The van der Waals surface area contributed by atoms with Crippen molar-refractivity contribution in [3.8, 4) is 11.4 Å². The zero-order chi connectivity index (χ0) is 38.8. The summed E-state index contributed by atoms with van der Waals surface area (Å²) < 4.78 is 10.2. The van der Waals surface area contributed by atoms with E-state index >= 15 is 0 Å². The topological polar surface area (TPSA) is 14.3 Å². The van der Waals surface area contributed by atoms with Crippen molar-refractivity contribution in [2.24, 2.45) is 0 Å². The van der Waals surface area contributed by atoms with E-state index in [1.807, 2.05) is 11.3 Å². The van der Waals surface area contributed by atoms with Gasteiger partial charge in [0.2, 0.25) is 0 Å². The second kappa shape index (κ2) is 11.1. The van der Waals surface area contributed by atoms with E-state index in [1.54, 1.807) is 0 Å². The lowest BCUT2D eigenvalue weighted by Crippen LogP contribution is -1.99. The van der Waals surface area contributed by atoms with Crippen molar-refractivity contribution in [3.05, 3.63) is 188 Å². The third kappa shape index (κ3) is 3.81. The van der Waals surface area contributed by atoms with Crippen LogP contribution in [0.1, 0.15) is 0 Å². The van der Waals surface area contributed by atoms with Crippen LogP contribution in [0.2, 0.25) is 0 Å². The molecule has 4 heteroatoms. The maximum absolute atomic E-state index is 2.62. The molecule has 15 rings (SSSR count). The smallest absolute Gasteiger partial charge is 0.0661 e. The van der Waals surface area contributed by atoms with Crippen molar-refractivity contribution in [1.82, 2.24) is 13.5 Å². The molecule has 0 atom stereocenters. The van der Waals surface area contributed by atoms with E-state index in [2.05, 4.69) is 202 Å². The van der Waals surface area contributed by atoms with E-state index in [-0.39, 0.29) is 0 Å². The van der Waals surface area contributed by atoms with Gasteiger partial charge in [0.05, 0.1) is 49.0 Å². The molecule has 0 radical (unpaired) electrons. The van der Waals surface area contributed by atoms with Gasteiger partial charge in [0, 0.05) is 64.2 Å². The molecule has 15 aromatic rings. The first kappa shape index (κ1) is 31.3. The first-order valence-corrected chi connectivity index (χ1v) is 21.5. The molecule has 0 spiro atoms. The van der Waals surface area contributed by atoms with Gasteiger partial charge in [-0.3, -0.25) is 0 Å². The average Bonchev–Trinajstić information content (AvgIpc) is 4.10. The molecule has 0 unspecified atom stereocenters. The Morgan fingerprint density at radius 2 is 0.950 bits per heavy atom. The van der Waals surface area contributed by atoms with Crippen LogP contribution < -0.4 is 0 Å². The molecule has 0 bridgehead atoms. The minimum absolute atomic E-state index is 1.16. The summed E-state index contributed by atoms with van der Waals surface area (Å²) in [6.07, 6.45) is 0. The number of fused-ring (bicyclic) bond motifs is 19. The first-order valence-electron chi connectivity index (χ1n) is 20.7. The SMILES string of the molecule is c1ccc2cc3c(cc2c1)c1c2c4ccccc4n4c5ccccc5c(cc1n3-c1cc(-n3c5ccccc5c5c6ccccc6ccc53)cc3c1sc1ccccc13)c24. The molecular formula is C56H31N3S. The van der Waals surface area contributed by atoms with Gasteiger partial charge in [-0.05, 0) is 82.2 Å². The fourth-order valence-electron chi connectivity index (χ4n) is 11.1. The minimum Gasteiger partial charge on any atom is -0.309 e. The highest BCUT2D eigenvalue weighted by atomic mass is 32.1. The van der Waals surface area contributed by atoms with Gasteiger partial charge in [0.15, 0.2) is 0 Å². The van der Waals surface area contributed by atoms with E-state index in [0.29, 0.717) is 0 Å². The third-order valence-electron chi connectivity index (χ3n) is 13.5. The summed E-state index contributed by atoms with van der Waals surface area (Å²) in [5.74, 6) is 0. The van der Waals surface area contributed by atoms with Crippen LogP contribution >= 0.6 is 11.3 Å². The normalized spacial score (nSPS) is 12.7. The van der Waals surface area contributed by atoms with Crippen LogP contribution in [0.5, 0.6) is 0 Å². The number of hydrogen-bond donors (Lipinski definition) is 0. The largest absolute Gasteiger partial charge is 0.309 e. The highest BCUT2D eigenvalue weighted by molar-refractivity contribution is 7.26. The molecule has 0 aliphatic heterocycles. The van der Waals surface area contributed by atoms with Crippen LogP contribution in [-0.2, 0) is 0 Å². The van der Waals surface area contributed by atoms with E-state index in [1.165, 1.54) is 129 Å². The molecule has 10 aromatic carbocycles. The zero-order valence-corrected chi connectivity index (χ0v) is 33.0. The van der Waals surface area contributed by atoms with Crippen LogP contribution in [0.3, 0.4) is 0 Å². The number of hydrogen-bond acceptors (Lipinski definition) is 1. The van der Waals surface area contributed by atoms with Crippen LogP contribution in [0.15, 0.2) is 188 Å². The van der Waals surface area contributed by atoms with Crippen molar-refractivity contribution in [1.29, 1.82) is 0 Å². The lowest BCUT2D eigenvalue weighted by Gasteiger charge is -2.15. The maximum Gasteiger partial charge on any atom is 0.0661 e. The maximum atomic E-state index is 2.62. The Hall–Kier alpha value is -7.66. The second-order valence-electron chi connectivity index (χ2n) is 16.4. The number of benzene rings is 10. The molecule has 3 nitrogen and oxygen atoms in total. The van der Waals surface area contributed by atoms with Crippen LogP contribution in [0.25, 0.3) is 135 Å². The molecule has 276 valence electrons. The van der Waals surface area contributed by atoms with E-state index in [0.717, 1.165) is 5.69 Å². The lowest BCUT2D eigenvalue weighted by molar-refractivity contribution is 1.15. The Morgan fingerprint density at radius 1 is 0.317 bits per heavy atom. The number of rotatable bonds is 2. The van der Waals surface area contributed by atoms with Crippen molar-refractivity contribution in [2.75, 3.05) is 0 Å². The summed E-state index contributed by atoms with van der Waals surface area (Å²) >= 11 is 1.90. The summed E-state index contributed by atoms with van der Waals surface area (Å²) in [6.45, 7) is 0. The van der Waals surface area contributed by atoms with Gasteiger partial charge in [0.25, 0.3) is 0 Å². The highest BCUT2D eigenvalue weighted by Gasteiger charge is 2.26. The number of para-hydroxylation sites is 3. The zero-order valence-electron chi connectivity index (χ0n) is 32.1. The van der Waals surface area contributed by atoms with Gasteiger partial charge < -0.3 is 13.5 Å². The molecule has 0 fully saturated rings. The van der Waals surface area contributed by atoms with Gasteiger partial charge in [-0.1, -0.05) is 127 Å². The van der Waals surface area contributed by atoms with Crippen molar-refractivity contribution >= 4 is 135 Å². The Morgan fingerprint density at radius 3 is 1.77 bits per heavy atom. The third-order valence-corrected chi connectivity index (χ3v) is 14.7. The monoisotopic (exact) mass is 777 g/mol. The molecular weight excluding hydrogens is 747 g/mol. The van der Waals surface area contributed by atoms with E-state index in [9.17, 15) is 0 Å². The Kier molecular flexibility index (Phi) is 5.79. The minimum atomic E-state index is 1.16. The summed E-state index contributed by atoms with van der Waals surface area (Å²) in [5.41, 5.74) is 11.0. The molecule has 5 aromatic heterocycles. The van der Waals surface area contributed by atoms with Crippen LogP contribution in [0.4, 0.5) is 0 Å². The first-order chi connectivity index (χ1) is 29.8. The van der Waals surface area contributed by atoms with Crippen molar-refractivity contribution in [3.63, 3.8) is 0 Å². The Balaban J connectivity index is 1.18. The molecule has 60 heavy (non-hydrogen) atoms. The van der Waals surface area contributed by atoms with E-state index < -0.39 is 0 Å². The molecule has 0 saturated heterocycles. The molecule has 0 N–H and O–H groups in total. The molecule has 0 aliphatic carbocycles. The number of thiophene rings is 1. The second-order valence-corrected chi connectivity index (χ2v) is 17.5. The molecule has 5 heterocycles. The molecule has 0 aliphatic rings. The van der Waals surface area contributed by atoms with Crippen molar-refractivity contribution in [2.45, 2.75) is 0 Å². The quantitative estimate of drug-likeness (QED) is 0.166. The molecule has 0 saturated carbocycles. The average molecular weight is 778 g/mol. The molecule has 0 amide bonds. The summed E-state index contributed by atoms with van der Waals surface area (Å²) in [6, 6.07) is 70.4.